The number of nitrogens with one attached hydrogen (secondary N) is 1. The maximum Gasteiger partial charge on any atom is 0.303 e. The molecular formula is C19H20BrNO2. The lowest BCUT2D eigenvalue weighted by Crippen LogP contribution is -2.40. The van der Waals surface area contributed by atoms with Gasteiger partial charge in [0.2, 0.25) is 0 Å². The SMILES string of the molecule is CC(=O)O[C@@H]1c2ccccc2N[C@@H](c2ccc(Br)cc2)C1(C)C. The molecule has 0 aromatic heterocycles. The minimum atomic E-state index is -0.286. The number of halogens is 1. The van der Waals surface area contributed by atoms with Gasteiger partial charge in [0.25, 0.3) is 0 Å². The quantitative estimate of drug-likeness (QED) is 0.730. The van der Waals surface area contributed by atoms with Crippen molar-refractivity contribution in [1.29, 1.82) is 0 Å². The molecule has 0 spiro atoms. The number of para-hydroxylation sites is 1. The first-order valence-electron chi connectivity index (χ1n) is 7.68. The van der Waals surface area contributed by atoms with Crippen LogP contribution >= 0.6 is 15.9 Å². The van der Waals surface area contributed by atoms with E-state index in [1.165, 1.54) is 12.5 Å². The maximum atomic E-state index is 11.6. The molecule has 0 aliphatic carbocycles. The Balaban J connectivity index is 2.09. The van der Waals surface area contributed by atoms with E-state index in [-0.39, 0.29) is 23.5 Å². The van der Waals surface area contributed by atoms with E-state index in [1.54, 1.807) is 0 Å². The molecule has 23 heavy (non-hydrogen) atoms. The van der Waals surface area contributed by atoms with Crippen molar-refractivity contribution in [3.63, 3.8) is 0 Å². The zero-order valence-corrected chi connectivity index (χ0v) is 15.1. The molecule has 0 saturated carbocycles. The summed E-state index contributed by atoms with van der Waals surface area (Å²) in [4.78, 5) is 11.6. The highest BCUT2D eigenvalue weighted by atomic mass is 79.9. The van der Waals surface area contributed by atoms with E-state index in [4.69, 9.17) is 4.74 Å². The molecule has 2 aromatic carbocycles. The number of esters is 1. The summed E-state index contributed by atoms with van der Waals surface area (Å²) in [7, 11) is 0. The number of hydrogen-bond donors (Lipinski definition) is 1. The van der Waals surface area contributed by atoms with Gasteiger partial charge >= 0.3 is 5.97 Å². The highest BCUT2D eigenvalue weighted by Gasteiger charge is 2.45. The second-order valence-electron chi connectivity index (χ2n) is 6.53. The van der Waals surface area contributed by atoms with Gasteiger partial charge in [-0.3, -0.25) is 4.79 Å². The molecule has 4 heteroatoms. The summed E-state index contributed by atoms with van der Waals surface area (Å²) in [6.07, 6.45) is -0.286. The number of anilines is 1. The van der Waals surface area contributed by atoms with E-state index in [0.717, 1.165) is 15.7 Å². The average molecular weight is 374 g/mol. The van der Waals surface area contributed by atoms with Gasteiger partial charge in [0.15, 0.2) is 0 Å². The normalized spacial score (nSPS) is 21.9. The fraction of sp³-hybridized carbons (Fsp3) is 0.316. The number of carbonyl (C=O) groups excluding carboxylic acids is 1. The van der Waals surface area contributed by atoms with Crippen molar-refractivity contribution < 1.29 is 9.53 Å². The first-order valence-corrected chi connectivity index (χ1v) is 8.47. The lowest BCUT2D eigenvalue weighted by Gasteiger charge is -2.46. The minimum absolute atomic E-state index is 0.0508. The first kappa shape index (κ1) is 16.1. The number of hydrogen-bond acceptors (Lipinski definition) is 3. The van der Waals surface area contributed by atoms with Gasteiger partial charge in [0, 0.05) is 28.1 Å². The molecule has 1 heterocycles. The number of carbonyl (C=O) groups is 1. The van der Waals surface area contributed by atoms with Gasteiger partial charge in [0.05, 0.1) is 6.04 Å². The van der Waals surface area contributed by atoms with Crippen molar-refractivity contribution >= 4 is 27.6 Å². The van der Waals surface area contributed by atoms with Crippen molar-refractivity contribution in [3.8, 4) is 0 Å². The van der Waals surface area contributed by atoms with Crippen molar-refractivity contribution in [2.75, 3.05) is 5.32 Å². The highest BCUT2D eigenvalue weighted by Crippen LogP contribution is 2.53. The fourth-order valence-electron chi connectivity index (χ4n) is 3.30. The molecule has 1 aliphatic rings. The van der Waals surface area contributed by atoms with Crippen molar-refractivity contribution in [3.05, 3.63) is 64.1 Å². The molecule has 0 amide bonds. The lowest BCUT2D eigenvalue weighted by atomic mass is 9.70. The second-order valence-corrected chi connectivity index (χ2v) is 7.44. The van der Waals surface area contributed by atoms with Crippen LogP contribution in [0.3, 0.4) is 0 Å². The largest absolute Gasteiger partial charge is 0.457 e. The van der Waals surface area contributed by atoms with Crippen LogP contribution in [0.15, 0.2) is 53.0 Å². The van der Waals surface area contributed by atoms with Gasteiger partial charge in [-0.2, -0.15) is 0 Å². The van der Waals surface area contributed by atoms with Crippen LogP contribution in [0.1, 0.15) is 44.0 Å². The van der Waals surface area contributed by atoms with Crippen LogP contribution in [0.25, 0.3) is 0 Å². The Kier molecular flexibility index (Phi) is 4.19. The summed E-state index contributed by atoms with van der Waals surface area (Å²) < 4.78 is 6.77. The van der Waals surface area contributed by atoms with Gasteiger partial charge in [-0.05, 0) is 23.8 Å². The molecule has 1 aliphatic heterocycles. The van der Waals surface area contributed by atoms with Crippen molar-refractivity contribution in [1.82, 2.24) is 0 Å². The van der Waals surface area contributed by atoms with Crippen LogP contribution in [0.5, 0.6) is 0 Å². The minimum Gasteiger partial charge on any atom is -0.457 e. The fourth-order valence-corrected chi connectivity index (χ4v) is 3.56. The molecule has 0 radical (unpaired) electrons. The Hall–Kier alpha value is -1.81. The van der Waals surface area contributed by atoms with E-state index in [0.29, 0.717) is 0 Å². The molecule has 0 bridgehead atoms. The predicted molar refractivity (Wildman–Crippen MR) is 95.2 cm³/mol. The zero-order valence-electron chi connectivity index (χ0n) is 13.5. The summed E-state index contributed by atoms with van der Waals surface area (Å²) in [5.41, 5.74) is 2.94. The van der Waals surface area contributed by atoms with Gasteiger partial charge in [-0.1, -0.05) is 60.1 Å². The smallest absolute Gasteiger partial charge is 0.303 e. The molecule has 1 N–H and O–H groups in total. The number of rotatable bonds is 2. The molecule has 0 saturated heterocycles. The van der Waals surface area contributed by atoms with E-state index < -0.39 is 0 Å². The van der Waals surface area contributed by atoms with Crippen molar-refractivity contribution in [2.45, 2.75) is 32.9 Å². The van der Waals surface area contributed by atoms with Crippen LogP contribution in [0.4, 0.5) is 5.69 Å². The Morgan fingerprint density at radius 3 is 2.43 bits per heavy atom. The summed E-state index contributed by atoms with van der Waals surface area (Å²) >= 11 is 3.48. The van der Waals surface area contributed by atoms with Crippen LogP contribution < -0.4 is 5.32 Å². The van der Waals surface area contributed by atoms with E-state index in [2.05, 4.69) is 47.2 Å². The Morgan fingerprint density at radius 2 is 1.78 bits per heavy atom. The lowest BCUT2D eigenvalue weighted by molar-refractivity contribution is -0.154. The Labute approximate surface area is 145 Å². The zero-order chi connectivity index (χ0) is 16.6. The average Bonchev–Trinajstić information content (AvgIpc) is 2.51. The molecule has 3 nitrogen and oxygen atoms in total. The molecule has 3 rings (SSSR count). The van der Waals surface area contributed by atoms with Crippen LogP contribution in [0, 0.1) is 5.41 Å². The monoisotopic (exact) mass is 373 g/mol. The Bertz CT molecular complexity index is 724. The third kappa shape index (κ3) is 3.00. The van der Waals surface area contributed by atoms with Gasteiger partial charge in [0.1, 0.15) is 6.10 Å². The van der Waals surface area contributed by atoms with Crippen LogP contribution in [0.2, 0.25) is 0 Å². The van der Waals surface area contributed by atoms with E-state index >= 15 is 0 Å². The Morgan fingerprint density at radius 1 is 1.13 bits per heavy atom. The number of fused-ring (bicyclic) bond motifs is 1. The molecule has 0 fully saturated rings. The molecule has 2 atom stereocenters. The highest BCUT2D eigenvalue weighted by molar-refractivity contribution is 9.10. The summed E-state index contributed by atoms with van der Waals surface area (Å²) in [6, 6.07) is 16.4. The number of ether oxygens (including phenoxy) is 1. The van der Waals surface area contributed by atoms with Gasteiger partial charge in [-0.15, -0.1) is 0 Å². The summed E-state index contributed by atoms with van der Waals surface area (Å²) in [5, 5.41) is 3.62. The maximum absolute atomic E-state index is 11.6. The molecule has 0 unspecified atom stereocenters. The predicted octanol–water partition coefficient (Wildman–Crippen LogP) is 5.25. The molecular weight excluding hydrogens is 354 g/mol. The number of benzene rings is 2. The first-order chi connectivity index (χ1) is 10.9. The van der Waals surface area contributed by atoms with Gasteiger partial charge < -0.3 is 10.1 Å². The van der Waals surface area contributed by atoms with E-state index in [9.17, 15) is 4.79 Å². The van der Waals surface area contributed by atoms with E-state index in [1.807, 2.05) is 36.4 Å². The second kappa shape index (κ2) is 6.00. The summed E-state index contributed by atoms with van der Waals surface area (Å²) in [6.45, 7) is 5.74. The third-order valence-corrected chi connectivity index (χ3v) is 4.98. The van der Waals surface area contributed by atoms with Crippen molar-refractivity contribution in [2.24, 2.45) is 5.41 Å². The van der Waals surface area contributed by atoms with Crippen LogP contribution in [-0.2, 0) is 9.53 Å². The standard InChI is InChI=1S/C19H20BrNO2/c1-12(22)23-18-15-6-4-5-7-16(15)21-17(19(18,2)3)13-8-10-14(20)11-9-13/h4-11,17-18,21H,1-3H3/t17-,18+/m0/s1. The topological polar surface area (TPSA) is 38.3 Å². The van der Waals surface area contributed by atoms with Crippen LogP contribution in [-0.4, -0.2) is 5.97 Å². The molecule has 2 aromatic rings. The van der Waals surface area contributed by atoms with Gasteiger partial charge in [-0.25, -0.2) is 0 Å². The summed E-state index contributed by atoms with van der Waals surface area (Å²) in [5.74, 6) is -0.255. The third-order valence-electron chi connectivity index (χ3n) is 4.45. The molecule has 120 valence electrons.